The van der Waals surface area contributed by atoms with Crippen LogP contribution in [0.25, 0.3) is 0 Å². The second-order valence-corrected chi connectivity index (χ2v) is 8.91. The van der Waals surface area contributed by atoms with Gasteiger partial charge in [0.05, 0.1) is 32.9 Å². The van der Waals surface area contributed by atoms with E-state index in [0.29, 0.717) is 42.6 Å². The molecule has 2 rings (SSSR count). The summed E-state index contributed by atoms with van der Waals surface area (Å²) < 4.78 is 21.5. The van der Waals surface area contributed by atoms with Crippen molar-refractivity contribution in [2.45, 2.75) is 71.9 Å². The summed E-state index contributed by atoms with van der Waals surface area (Å²) in [6, 6.07) is 12.7. The van der Waals surface area contributed by atoms with Crippen LogP contribution in [-0.4, -0.2) is 50.4 Å². The minimum atomic E-state index is -0.297. The van der Waals surface area contributed by atoms with E-state index in [1.54, 1.807) is 39.3 Å². The molecular formula is C29H42N2O6. The monoisotopic (exact) mass is 514 g/mol. The number of ether oxygens (including phenoxy) is 4. The molecule has 0 saturated heterocycles. The number of rotatable bonds is 16. The molecule has 8 nitrogen and oxygen atoms in total. The summed E-state index contributed by atoms with van der Waals surface area (Å²) in [4.78, 5) is 26.8. The average Bonchev–Trinajstić information content (AvgIpc) is 2.89. The lowest BCUT2D eigenvalue weighted by Gasteiger charge is -2.24. The van der Waals surface area contributed by atoms with Crippen LogP contribution in [0.15, 0.2) is 42.5 Å². The molecule has 0 aliphatic carbocycles. The van der Waals surface area contributed by atoms with Gasteiger partial charge < -0.3 is 29.2 Å². The molecule has 204 valence electrons. The van der Waals surface area contributed by atoms with E-state index in [-0.39, 0.29) is 24.5 Å². The fourth-order valence-corrected chi connectivity index (χ4v) is 3.88. The number of nitrogens with one attached hydrogen (secondary N) is 1. The van der Waals surface area contributed by atoms with Crippen molar-refractivity contribution in [3.8, 4) is 17.2 Å². The predicted molar refractivity (Wildman–Crippen MR) is 146 cm³/mol. The van der Waals surface area contributed by atoms with Gasteiger partial charge in [-0.1, -0.05) is 44.7 Å². The molecule has 1 N–H and O–H groups in total. The number of amides is 2. The topological polar surface area (TPSA) is 86.3 Å². The summed E-state index contributed by atoms with van der Waals surface area (Å²) in [5.74, 6) is 1.58. The number of anilines is 1. The number of benzene rings is 2. The van der Waals surface area contributed by atoms with Crippen LogP contribution in [0.5, 0.6) is 17.2 Å². The Bertz CT molecular complexity index is 963. The van der Waals surface area contributed by atoms with Crippen LogP contribution in [0.2, 0.25) is 0 Å². The Morgan fingerprint density at radius 3 is 2.27 bits per heavy atom. The number of hydrogen-bond acceptors (Lipinski definition) is 6. The van der Waals surface area contributed by atoms with Crippen molar-refractivity contribution in [2.75, 3.05) is 32.7 Å². The van der Waals surface area contributed by atoms with Gasteiger partial charge in [-0.3, -0.25) is 4.79 Å². The van der Waals surface area contributed by atoms with E-state index in [1.807, 2.05) is 36.1 Å². The Labute approximate surface area is 221 Å². The maximum Gasteiger partial charge on any atom is 0.322 e. The molecular weight excluding hydrogens is 472 g/mol. The number of carbonyl (C=O) groups excluding carboxylic acids is 2. The zero-order valence-corrected chi connectivity index (χ0v) is 22.9. The van der Waals surface area contributed by atoms with Gasteiger partial charge in [-0.15, -0.1) is 0 Å². The minimum Gasteiger partial charge on any atom is -0.497 e. The zero-order valence-electron chi connectivity index (χ0n) is 22.9. The Kier molecular flexibility index (Phi) is 13.2. The Balaban J connectivity index is 2.06. The molecule has 0 radical (unpaired) electrons. The normalized spacial score (nSPS) is 11.4. The number of esters is 1. The first-order chi connectivity index (χ1) is 17.9. The van der Waals surface area contributed by atoms with Crippen LogP contribution in [0.4, 0.5) is 10.5 Å². The molecule has 0 bridgehead atoms. The summed E-state index contributed by atoms with van der Waals surface area (Å²) in [7, 11) is 3.15. The van der Waals surface area contributed by atoms with Crippen molar-refractivity contribution < 1.29 is 28.5 Å². The van der Waals surface area contributed by atoms with E-state index < -0.39 is 0 Å². The van der Waals surface area contributed by atoms with Crippen molar-refractivity contribution in [3.63, 3.8) is 0 Å². The van der Waals surface area contributed by atoms with E-state index in [1.165, 1.54) is 12.8 Å². The maximum absolute atomic E-state index is 13.3. The highest BCUT2D eigenvalue weighted by Crippen LogP contribution is 2.29. The van der Waals surface area contributed by atoms with E-state index in [9.17, 15) is 9.59 Å². The molecule has 37 heavy (non-hydrogen) atoms. The van der Waals surface area contributed by atoms with Crippen LogP contribution >= 0.6 is 0 Å². The molecule has 0 aromatic heterocycles. The van der Waals surface area contributed by atoms with E-state index in [2.05, 4.69) is 12.2 Å². The lowest BCUT2D eigenvalue weighted by Crippen LogP contribution is -2.35. The lowest BCUT2D eigenvalue weighted by molar-refractivity contribution is -0.144. The van der Waals surface area contributed by atoms with Gasteiger partial charge in [0.15, 0.2) is 0 Å². The highest BCUT2D eigenvalue weighted by atomic mass is 16.5. The first-order valence-electron chi connectivity index (χ1n) is 13.1. The van der Waals surface area contributed by atoms with E-state index in [4.69, 9.17) is 18.9 Å². The van der Waals surface area contributed by atoms with Gasteiger partial charge in [-0.25, -0.2) is 4.79 Å². The van der Waals surface area contributed by atoms with Gasteiger partial charge in [-0.05, 0) is 50.1 Å². The van der Waals surface area contributed by atoms with Gasteiger partial charge in [0.25, 0.3) is 0 Å². The average molecular weight is 515 g/mol. The van der Waals surface area contributed by atoms with Gasteiger partial charge >= 0.3 is 12.0 Å². The number of urea groups is 1. The second kappa shape index (κ2) is 16.3. The van der Waals surface area contributed by atoms with Gasteiger partial charge in [0, 0.05) is 19.2 Å². The number of unbranched alkanes of at least 4 members (excludes halogenated alkanes) is 4. The molecule has 0 saturated carbocycles. The first kappa shape index (κ1) is 29.8. The van der Waals surface area contributed by atoms with Crippen molar-refractivity contribution in [1.82, 2.24) is 4.90 Å². The maximum atomic E-state index is 13.3. The van der Waals surface area contributed by atoms with Crippen LogP contribution in [0.1, 0.15) is 64.9 Å². The molecule has 0 spiro atoms. The van der Waals surface area contributed by atoms with Gasteiger partial charge in [-0.2, -0.15) is 0 Å². The number of methoxy groups -OCH3 is 2. The lowest BCUT2D eigenvalue weighted by atomic mass is 10.1. The van der Waals surface area contributed by atoms with Crippen molar-refractivity contribution in [3.05, 3.63) is 48.0 Å². The Morgan fingerprint density at radius 2 is 1.62 bits per heavy atom. The quantitative estimate of drug-likeness (QED) is 0.205. The Hall–Kier alpha value is -3.42. The number of hydrogen-bond donors (Lipinski definition) is 1. The molecule has 2 aromatic carbocycles. The van der Waals surface area contributed by atoms with Crippen LogP contribution in [-0.2, 0) is 16.1 Å². The van der Waals surface area contributed by atoms with E-state index in [0.717, 1.165) is 24.8 Å². The fourth-order valence-electron chi connectivity index (χ4n) is 3.88. The molecule has 0 heterocycles. The molecule has 0 aliphatic heterocycles. The molecule has 0 aliphatic rings. The summed E-state index contributed by atoms with van der Waals surface area (Å²) in [6.45, 7) is 7.26. The first-order valence-corrected chi connectivity index (χ1v) is 13.1. The zero-order chi connectivity index (χ0) is 27.0. The van der Waals surface area contributed by atoms with Crippen molar-refractivity contribution >= 4 is 17.7 Å². The van der Waals surface area contributed by atoms with Crippen molar-refractivity contribution in [1.29, 1.82) is 0 Å². The highest BCUT2D eigenvalue weighted by molar-refractivity contribution is 5.91. The van der Waals surface area contributed by atoms with Crippen molar-refractivity contribution in [2.24, 2.45) is 0 Å². The molecule has 8 heteroatoms. The summed E-state index contributed by atoms with van der Waals surface area (Å²) >= 11 is 0. The molecule has 2 aromatic rings. The summed E-state index contributed by atoms with van der Waals surface area (Å²) in [6.07, 6.45) is 5.44. The summed E-state index contributed by atoms with van der Waals surface area (Å²) in [5.41, 5.74) is 1.57. The Morgan fingerprint density at radius 1 is 0.919 bits per heavy atom. The third kappa shape index (κ3) is 10.6. The molecule has 2 amide bonds. The number of carbonyl (C=O) groups is 2. The van der Waals surface area contributed by atoms with Crippen LogP contribution in [0, 0.1) is 0 Å². The predicted octanol–water partition coefficient (Wildman–Crippen LogP) is 6.43. The van der Waals surface area contributed by atoms with Crippen LogP contribution in [0.3, 0.4) is 0 Å². The SMILES string of the molecule is CCCCCCCN(Cc1ccc(OC(C)CC(=O)OCC)cc1)C(=O)Nc1ccc(OC)cc1OC. The number of nitrogens with zero attached hydrogens (tertiary/aromatic N) is 1. The molecule has 0 fully saturated rings. The standard InChI is InChI=1S/C29H42N2O6/c1-6-8-9-10-11-18-31(29(33)30-26-17-16-25(34-4)20-27(26)35-5)21-23-12-14-24(15-13-23)37-22(3)19-28(32)36-7-2/h12-17,20,22H,6-11,18-19,21H2,1-5H3,(H,30,33). The smallest absolute Gasteiger partial charge is 0.322 e. The third-order valence-corrected chi connectivity index (χ3v) is 5.86. The third-order valence-electron chi connectivity index (χ3n) is 5.86. The van der Waals surface area contributed by atoms with Crippen LogP contribution < -0.4 is 19.5 Å². The molecule has 1 unspecified atom stereocenters. The fraction of sp³-hybridized carbons (Fsp3) is 0.517. The van der Waals surface area contributed by atoms with E-state index >= 15 is 0 Å². The summed E-state index contributed by atoms with van der Waals surface area (Å²) in [5, 5.41) is 2.99. The highest BCUT2D eigenvalue weighted by Gasteiger charge is 2.17. The largest absolute Gasteiger partial charge is 0.497 e. The van der Waals surface area contributed by atoms with Gasteiger partial charge in [0.1, 0.15) is 23.4 Å². The minimum absolute atomic E-state index is 0.191. The van der Waals surface area contributed by atoms with Gasteiger partial charge in [0.2, 0.25) is 0 Å². The second-order valence-electron chi connectivity index (χ2n) is 8.91. The molecule has 1 atom stereocenters.